The highest BCUT2D eigenvalue weighted by atomic mass is 32.1. The van der Waals surface area contributed by atoms with Crippen molar-refractivity contribution in [1.82, 2.24) is 10.4 Å². The second kappa shape index (κ2) is 8.75. The molecule has 0 saturated heterocycles. The molecule has 0 aliphatic rings. The number of aromatic nitrogens is 1. The zero-order chi connectivity index (χ0) is 20.1. The van der Waals surface area contributed by atoms with Crippen LogP contribution in [0.2, 0.25) is 0 Å². The molecule has 2 N–H and O–H groups in total. The fourth-order valence-corrected chi connectivity index (χ4v) is 3.48. The molecule has 0 unspecified atom stereocenters. The summed E-state index contributed by atoms with van der Waals surface area (Å²) in [6, 6.07) is 11.3. The first-order valence-electron chi connectivity index (χ1n) is 8.82. The topological polar surface area (TPSA) is 74.6 Å². The van der Waals surface area contributed by atoms with Crippen molar-refractivity contribution in [2.45, 2.75) is 26.7 Å². The largest absolute Gasteiger partial charge is 0.507 e. The Morgan fingerprint density at radius 2 is 2.00 bits per heavy atom. The minimum atomic E-state index is -0.302. The van der Waals surface area contributed by atoms with E-state index in [-0.39, 0.29) is 23.9 Å². The minimum Gasteiger partial charge on any atom is -0.507 e. The van der Waals surface area contributed by atoms with E-state index < -0.39 is 0 Å². The van der Waals surface area contributed by atoms with Crippen molar-refractivity contribution in [1.29, 1.82) is 0 Å². The molecular weight excluding hydrogens is 377 g/mol. The number of phenols is 1. The Kier molecular flexibility index (Phi) is 6.16. The van der Waals surface area contributed by atoms with E-state index in [0.29, 0.717) is 23.4 Å². The SMILES string of the molecule is CC/C(=N\NC(=O)Cc1csc(-c2ccc(F)cc2)n1)c1cc(C)ccc1O. The number of carbonyl (C=O) groups is 1. The van der Waals surface area contributed by atoms with Crippen LogP contribution in [0.3, 0.4) is 0 Å². The van der Waals surface area contributed by atoms with Gasteiger partial charge in [-0.05, 0) is 49.7 Å². The number of hydrogen-bond acceptors (Lipinski definition) is 5. The van der Waals surface area contributed by atoms with Crippen LogP contribution in [0.1, 0.15) is 30.2 Å². The van der Waals surface area contributed by atoms with Gasteiger partial charge in [-0.2, -0.15) is 5.10 Å². The van der Waals surface area contributed by atoms with Gasteiger partial charge in [0.05, 0.1) is 17.8 Å². The molecule has 0 saturated carbocycles. The number of benzene rings is 2. The number of phenolic OH excluding ortho intramolecular Hbond substituents is 1. The third kappa shape index (κ3) is 4.80. The zero-order valence-corrected chi connectivity index (χ0v) is 16.4. The molecule has 0 radical (unpaired) electrons. The molecule has 3 rings (SSSR count). The summed E-state index contributed by atoms with van der Waals surface area (Å²) >= 11 is 1.40. The molecule has 0 atom stereocenters. The van der Waals surface area contributed by atoms with Gasteiger partial charge in [0.15, 0.2) is 0 Å². The van der Waals surface area contributed by atoms with Crippen molar-refractivity contribution in [2.75, 3.05) is 0 Å². The Labute approximate surface area is 166 Å². The molecule has 0 fully saturated rings. The molecule has 144 valence electrons. The predicted octanol–water partition coefficient (Wildman–Crippen LogP) is 4.44. The van der Waals surface area contributed by atoms with Crippen molar-refractivity contribution in [3.05, 3.63) is 70.5 Å². The van der Waals surface area contributed by atoms with Crippen molar-refractivity contribution >= 4 is 23.0 Å². The van der Waals surface area contributed by atoms with Crippen molar-refractivity contribution in [2.24, 2.45) is 5.10 Å². The highest BCUT2D eigenvalue weighted by Gasteiger charge is 2.11. The molecule has 28 heavy (non-hydrogen) atoms. The van der Waals surface area contributed by atoms with Crippen LogP contribution in [-0.4, -0.2) is 21.7 Å². The summed E-state index contributed by atoms with van der Waals surface area (Å²) < 4.78 is 13.0. The lowest BCUT2D eigenvalue weighted by molar-refractivity contribution is -0.120. The van der Waals surface area contributed by atoms with E-state index >= 15 is 0 Å². The molecule has 1 heterocycles. The molecule has 0 aliphatic carbocycles. The van der Waals surface area contributed by atoms with Crippen molar-refractivity contribution < 1.29 is 14.3 Å². The maximum Gasteiger partial charge on any atom is 0.246 e. The molecule has 0 aliphatic heterocycles. The van der Waals surface area contributed by atoms with Gasteiger partial charge >= 0.3 is 0 Å². The van der Waals surface area contributed by atoms with Crippen molar-refractivity contribution in [3.63, 3.8) is 0 Å². The molecule has 2 aromatic carbocycles. The second-order valence-electron chi connectivity index (χ2n) is 6.30. The van der Waals surface area contributed by atoms with Crippen LogP contribution in [0.4, 0.5) is 4.39 Å². The normalized spacial score (nSPS) is 11.5. The van der Waals surface area contributed by atoms with Gasteiger partial charge in [-0.25, -0.2) is 14.8 Å². The molecule has 0 spiro atoms. The molecule has 5 nitrogen and oxygen atoms in total. The Hall–Kier alpha value is -3.06. The third-order valence-corrected chi connectivity index (χ3v) is 5.04. The first-order valence-corrected chi connectivity index (χ1v) is 9.70. The van der Waals surface area contributed by atoms with Gasteiger partial charge in [0.1, 0.15) is 16.6 Å². The summed E-state index contributed by atoms with van der Waals surface area (Å²) in [4.78, 5) is 16.7. The van der Waals surface area contributed by atoms with E-state index in [1.54, 1.807) is 23.6 Å². The fourth-order valence-electron chi connectivity index (χ4n) is 2.66. The number of aryl methyl sites for hydroxylation is 1. The quantitative estimate of drug-likeness (QED) is 0.477. The minimum absolute atomic E-state index is 0.0813. The fraction of sp³-hybridized carbons (Fsp3) is 0.190. The van der Waals surface area contributed by atoms with Gasteiger partial charge in [-0.15, -0.1) is 11.3 Å². The van der Waals surface area contributed by atoms with E-state index in [1.807, 2.05) is 26.0 Å². The number of rotatable bonds is 6. The predicted molar refractivity (Wildman–Crippen MR) is 109 cm³/mol. The number of thiazole rings is 1. The van der Waals surface area contributed by atoms with Gasteiger partial charge < -0.3 is 5.11 Å². The maximum absolute atomic E-state index is 13.0. The summed E-state index contributed by atoms with van der Waals surface area (Å²) in [5, 5.41) is 16.7. The van der Waals surface area contributed by atoms with Gasteiger partial charge in [0.25, 0.3) is 0 Å². The Balaban J connectivity index is 1.67. The van der Waals surface area contributed by atoms with E-state index in [1.165, 1.54) is 23.5 Å². The highest BCUT2D eigenvalue weighted by Crippen LogP contribution is 2.24. The number of nitrogens with one attached hydrogen (secondary N) is 1. The lowest BCUT2D eigenvalue weighted by Crippen LogP contribution is -2.22. The monoisotopic (exact) mass is 397 g/mol. The lowest BCUT2D eigenvalue weighted by atomic mass is 10.0. The second-order valence-corrected chi connectivity index (χ2v) is 7.15. The number of carbonyl (C=O) groups excluding carboxylic acids is 1. The van der Waals surface area contributed by atoms with Crippen LogP contribution in [0.5, 0.6) is 5.75 Å². The van der Waals surface area contributed by atoms with Crippen LogP contribution in [0, 0.1) is 12.7 Å². The van der Waals surface area contributed by atoms with Gasteiger partial charge in [0.2, 0.25) is 5.91 Å². The summed E-state index contributed by atoms with van der Waals surface area (Å²) in [6.45, 7) is 3.83. The van der Waals surface area contributed by atoms with Crippen LogP contribution in [0.15, 0.2) is 52.9 Å². The average molecular weight is 397 g/mol. The highest BCUT2D eigenvalue weighted by molar-refractivity contribution is 7.13. The summed E-state index contributed by atoms with van der Waals surface area (Å²) in [5.74, 6) is -0.470. The number of aromatic hydroxyl groups is 1. The van der Waals surface area contributed by atoms with E-state index in [4.69, 9.17) is 0 Å². The number of nitrogens with zero attached hydrogens (tertiary/aromatic N) is 2. The van der Waals surface area contributed by atoms with Crippen LogP contribution in [-0.2, 0) is 11.2 Å². The molecule has 3 aromatic rings. The first kappa shape index (κ1) is 19.7. The Morgan fingerprint density at radius 1 is 1.25 bits per heavy atom. The smallest absolute Gasteiger partial charge is 0.246 e. The van der Waals surface area contributed by atoms with E-state index in [0.717, 1.165) is 16.1 Å². The third-order valence-electron chi connectivity index (χ3n) is 4.10. The Morgan fingerprint density at radius 3 is 2.71 bits per heavy atom. The van der Waals surface area contributed by atoms with Crippen molar-refractivity contribution in [3.8, 4) is 16.3 Å². The molecule has 0 bridgehead atoms. The van der Waals surface area contributed by atoms with Crippen LogP contribution >= 0.6 is 11.3 Å². The van der Waals surface area contributed by atoms with Gasteiger partial charge in [-0.3, -0.25) is 4.79 Å². The maximum atomic E-state index is 13.0. The summed E-state index contributed by atoms with van der Waals surface area (Å²) in [6.07, 6.45) is 0.640. The van der Waals surface area contributed by atoms with E-state index in [2.05, 4.69) is 15.5 Å². The standard InChI is InChI=1S/C21H20FN3O2S/c1-3-18(17-10-13(2)4-9-19(17)26)24-25-20(27)11-16-12-28-21(23-16)14-5-7-15(22)8-6-14/h4-10,12,26H,3,11H2,1-2H3,(H,25,27)/b24-18+. The number of hydrazone groups is 1. The summed E-state index contributed by atoms with van der Waals surface area (Å²) in [7, 11) is 0. The average Bonchev–Trinajstić information content (AvgIpc) is 3.13. The molecule has 1 amide bonds. The number of halogens is 1. The lowest BCUT2D eigenvalue weighted by Gasteiger charge is -2.08. The molecule has 1 aromatic heterocycles. The summed E-state index contributed by atoms with van der Waals surface area (Å²) in [5.41, 5.74) is 6.16. The molecule has 7 heteroatoms. The Bertz CT molecular complexity index is 1010. The van der Waals surface area contributed by atoms with Gasteiger partial charge in [-0.1, -0.05) is 18.6 Å². The van der Waals surface area contributed by atoms with Gasteiger partial charge in [0, 0.05) is 16.5 Å². The molecular formula is C21H20FN3O2S. The van der Waals surface area contributed by atoms with Crippen LogP contribution in [0.25, 0.3) is 10.6 Å². The number of amides is 1. The van der Waals surface area contributed by atoms with E-state index in [9.17, 15) is 14.3 Å². The zero-order valence-electron chi connectivity index (χ0n) is 15.6. The first-order chi connectivity index (χ1) is 13.5. The van der Waals surface area contributed by atoms with Crippen LogP contribution < -0.4 is 5.43 Å². The number of hydrogen-bond donors (Lipinski definition) is 2.